The number of halogens is 1. The van der Waals surface area contributed by atoms with Crippen LogP contribution in [-0.4, -0.2) is 17.9 Å². The van der Waals surface area contributed by atoms with Gasteiger partial charge < -0.3 is 9.47 Å². The smallest absolute Gasteiger partial charge is 0.187 e. The van der Waals surface area contributed by atoms with Crippen molar-refractivity contribution in [2.45, 2.75) is 6.61 Å². The zero-order valence-electron chi connectivity index (χ0n) is 14.8. The molecule has 136 valence electrons. The number of methoxy groups -OCH3 is 1. The van der Waals surface area contributed by atoms with Gasteiger partial charge in [0.1, 0.15) is 18.1 Å². The summed E-state index contributed by atoms with van der Waals surface area (Å²) in [4.78, 5) is 16.2. The van der Waals surface area contributed by atoms with Gasteiger partial charge in [-0.05, 0) is 64.0 Å². The van der Waals surface area contributed by atoms with E-state index in [-0.39, 0.29) is 5.78 Å². The molecule has 0 amide bonds. The second-order valence-corrected chi connectivity index (χ2v) is 6.58. The largest absolute Gasteiger partial charge is 0.496 e. The van der Waals surface area contributed by atoms with Crippen molar-refractivity contribution < 1.29 is 14.3 Å². The van der Waals surface area contributed by atoms with Crippen LogP contribution < -0.4 is 9.47 Å². The monoisotopic (exact) mass is 423 g/mol. The highest BCUT2D eigenvalue weighted by molar-refractivity contribution is 9.10. The van der Waals surface area contributed by atoms with Gasteiger partial charge in [-0.2, -0.15) is 0 Å². The fourth-order valence-corrected chi connectivity index (χ4v) is 2.91. The molecule has 0 saturated carbocycles. The number of allylic oxidation sites excluding steroid dienone is 1. The van der Waals surface area contributed by atoms with Crippen LogP contribution in [0.25, 0.3) is 6.08 Å². The number of aromatic nitrogens is 1. The molecule has 2 aromatic carbocycles. The third-order valence-corrected chi connectivity index (χ3v) is 4.55. The van der Waals surface area contributed by atoms with Gasteiger partial charge >= 0.3 is 0 Å². The number of carbonyl (C=O) groups excluding carboxylic acids is 1. The predicted molar refractivity (Wildman–Crippen MR) is 109 cm³/mol. The lowest BCUT2D eigenvalue weighted by Crippen LogP contribution is -2.00. The highest BCUT2D eigenvalue weighted by atomic mass is 79.9. The minimum Gasteiger partial charge on any atom is -0.496 e. The molecule has 0 aliphatic carbocycles. The van der Waals surface area contributed by atoms with E-state index in [1.54, 1.807) is 37.7 Å². The summed E-state index contributed by atoms with van der Waals surface area (Å²) in [6.07, 6.45) is 6.51. The van der Waals surface area contributed by atoms with Crippen molar-refractivity contribution >= 4 is 27.8 Å². The summed E-state index contributed by atoms with van der Waals surface area (Å²) < 4.78 is 12.2. The first-order valence-corrected chi connectivity index (χ1v) is 9.13. The van der Waals surface area contributed by atoms with Gasteiger partial charge in [-0.1, -0.05) is 24.3 Å². The number of carbonyl (C=O) groups is 1. The summed E-state index contributed by atoms with van der Waals surface area (Å²) in [5, 5.41) is 0. The number of ether oxygens (including phenoxy) is 2. The summed E-state index contributed by atoms with van der Waals surface area (Å²) in [6.45, 7) is 0.351. The Labute approximate surface area is 166 Å². The third-order valence-electron chi connectivity index (χ3n) is 3.90. The molecule has 0 aliphatic rings. The molecule has 0 unspecified atom stereocenters. The Morgan fingerprint density at radius 3 is 2.70 bits per heavy atom. The molecule has 0 radical (unpaired) electrons. The van der Waals surface area contributed by atoms with E-state index in [1.807, 2.05) is 42.5 Å². The Balaban J connectivity index is 1.76. The molecule has 0 fully saturated rings. The second kappa shape index (κ2) is 9.14. The topological polar surface area (TPSA) is 48.4 Å². The van der Waals surface area contributed by atoms with Gasteiger partial charge in [0, 0.05) is 23.5 Å². The minimum atomic E-state index is -0.0927. The fourth-order valence-electron chi connectivity index (χ4n) is 2.51. The quantitative estimate of drug-likeness (QED) is 0.380. The standard InChI is InChI=1S/C22H18BrNO3/c1-26-21-11-9-16(8-10-20(25)17-5-4-12-24-14-17)13-18(21)15-27-22-7-3-2-6-19(22)23/h2-14H,15H2,1H3/b10-8+. The van der Waals surface area contributed by atoms with Crippen molar-refractivity contribution in [3.8, 4) is 11.5 Å². The third kappa shape index (κ3) is 5.05. The summed E-state index contributed by atoms with van der Waals surface area (Å²) in [5.74, 6) is 1.40. The Hall–Kier alpha value is -2.92. The van der Waals surface area contributed by atoms with Gasteiger partial charge in [0.05, 0.1) is 11.6 Å². The molecule has 0 atom stereocenters. The molecule has 0 spiro atoms. The number of hydrogen-bond donors (Lipinski definition) is 0. The molecule has 1 aromatic heterocycles. The van der Waals surface area contributed by atoms with Crippen molar-refractivity contribution in [3.63, 3.8) is 0 Å². The Kier molecular flexibility index (Phi) is 6.39. The molecular weight excluding hydrogens is 406 g/mol. The maximum atomic E-state index is 12.2. The van der Waals surface area contributed by atoms with Crippen LogP contribution in [0.5, 0.6) is 11.5 Å². The predicted octanol–water partition coefficient (Wildman–Crippen LogP) is 5.33. The van der Waals surface area contributed by atoms with Gasteiger partial charge in [-0.15, -0.1) is 0 Å². The van der Waals surface area contributed by atoms with Crippen molar-refractivity contribution in [1.29, 1.82) is 0 Å². The van der Waals surface area contributed by atoms with E-state index in [0.29, 0.717) is 12.2 Å². The van der Waals surface area contributed by atoms with Crippen molar-refractivity contribution in [3.05, 3.63) is 94.2 Å². The van der Waals surface area contributed by atoms with Crippen LogP contribution in [-0.2, 0) is 6.61 Å². The van der Waals surface area contributed by atoms with Gasteiger partial charge in [0.25, 0.3) is 0 Å². The number of ketones is 1. The van der Waals surface area contributed by atoms with Crippen LogP contribution in [0.2, 0.25) is 0 Å². The first-order valence-electron chi connectivity index (χ1n) is 8.34. The van der Waals surface area contributed by atoms with Crippen LogP contribution in [0, 0.1) is 0 Å². The van der Waals surface area contributed by atoms with Crippen molar-refractivity contribution in [2.75, 3.05) is 7.11 Å². The van der Waals surface area contributed by atoms with Crippen molar-refractivity contribution in [2.24, 2.45) is 0 Å². The summed E-state index contributed by atoms with van der Waals surface area (Å²) in [5.41, 5.74) is 2.34. The van der Waals surface area contributed by atoms with Crippen molar-refractivity contribution in [1.82, 2.24) is 4.98 Å². The minimum absolute atomic E-state index is 0.0927. The Morgan fingerprint density at radius 2 is 1.96 bits per heavy atom. The lowest BCUT2D eigenvalue weighted by Gasteiger charge is -2.12. The van der Waals surface area contributed by atoms with Gasteiger partial charge in [-0.3, -0.25) is 9.78 Å². The Bertz CT molecular complexity index is 955. The molecule has 0 bridgehead atoms. The highest BCUT2D eigenvalue weighted by Gasteiger charge is 2.07. The lowest BCUT2D eigenvalue weighted by atomic mass is 10.1. The maximum absolute atomic E-state index is 12.2. The van der Waals surface area contributed by atoms with E-state index in [4.69, 9.17) is 9.47 Å². The van der Waals surface area contributed by atoms with E-state index in [9.17, 15) is 4.79 Å². The molecule has 27 heavy (non-hydrogen) atoms. The maximum Gasteiger partial charge on any atom is 0.187 e. The summed E-state index contributed by atoms with van der Waals surface area (Å²) >= 11 is 3.47. The molecule has 0 aliphatic heterocycles. The molecule has 5 heteroatoms. The Morgan fingerprint density at radius 1 is 1.11 bits per heavy atom. The van der Waals surface area contributed by atoms with Gasteiger partial charge in [-0.25, -0.2) is 0 Å². The van der Waals surface area contributed by atoms with E-state index < -0.39 is 0 Å². The average Bonchev–Trinajstić information content (AvgIpc) is 2.72. The molecule has 3 rings (SSSR count). The first-order chi connectivity index (χ1) is 13.2. The first kappa shape index (κ1) is 18.9. The summed E-state index contributed by atoms with van der Waals surface area (Å²) in [7, 11) is 1.62. The van der Waals surface area contributed by atoms with Crippen LogP contribution in [0.4, 0.5) is 0 Å². The molecule has 4 nitrogen and oxygen atoms in total. The normalized spacial score (nSPS) is 10.7. The van der Waals surface area contributed by atoms with Crippen LogP contribution >= 0.6 is 15.9 Å². The molecule has 3 aromatic rings. The van der Waals surface area contributed by atoms with Crippen LogP contribution in [0.1, 0.15) is 21.5 Å². The number of benzene rings is 2. The number of rotatable bonds is 7. The van der Waals surface area contributed by atoms with Gasteiger partial charge in [0.2, 0.25) is 0 Å². The lowest BCUT2D eigenvalue weighted by molar-refractivity contribution is 0.104. The molecule has 0 N–H and O–H groups in total. The van der Waals surface area contributed by atoms with Crippen LogP contribution in [0.15, 0.2) is 77.5 Å². The second-order valence-electron chi connectivity index (χ2n) is 5.73. The summed E-state index contributed by atoms with van der Waals surface area (Å²) in [6, 6.07) is 16.9. The average molecular weight is 424 g/mol. The number of hydrogen-bond acceptors (Lipinski definition) is 4. The number of nitrogens with zero attached hydrogens (tertiary/aromatic N) is 1. The number of pyridine rings is 1. The fraction of sp³-hybridized carbons (Fsp3) is 0.0909. The van der Waals surface area contributed by atoms with Crippen LogP contribution in [0.3, 0.4) is 0 Å². The molecule has 0 saturated heterocycles. The van der Waals surface area contributed by atoms with E-state index >= 15 is 0 Å². The highest BCUT2D eigenvalue weighted by Crippen LogP contribution is 2.27. The molecular formula is C22H18BrNO3. The van der Waals surface area contributed by atoms with Gasteiger partial charge in [0.15, 0.2) is 5.78 Å². The molecule has 1 heterocycles. The number of para-hydroxylation sites is 1. The zero-order valence-corrected chi connectivity index (χ0v) is 16.3. The zero-order chi connectivity index (χ0) is 19.1. The van der Waals surface area contributed by atoms with E-state index in [0.717, 1.165) is 27.1 Å². The SMILES string of the molecule is COc1ccc(/C=C/C(=O)c2cccnc2)cc1COc1ccccc1Br. The van der Waals surface area contributed by atoms with E-state index in [2.05, 4.69) is 20.9 Å². The van der Waals surface area contributed by atoms with E-state index in [1.165, 1.54) is 6.08 Å².